The number of hydrogen-bond donors (Lipinski definition) is 2. The Morgan fingerprint density at radius 1 is 1.53 bits per heavy atom. The molecule has 6 nitrogen and oxygen atoms in total. The topological polar surface area (TPSA) is 92.9 Å². The average Bonchev–Trinajstić information content (AvgIpc) is 2.76. The molecule has 1 saturated heterocycles. The van der Waals surface area contributed by atoms with Crippen LogP contribution in [0.4, 0.5) is 0 Å². The van der Waals surface area contributed by atoms with Gasteiger partial charge in [-0.3, -0.25) is 9.59 Å². The predicted molar refractivity (Wildman–Crippen MR) is 61.3 cm³/mol. The van der Waals surface area contributed by atoms with Crippen LogP contribution in [0.2, 0.25) is 0 Å². The largest absolute Gasteiger partial charge is 0.481 e. The van der Waals surface area contributed by atoms with Crippen LogP contribution < -0.4 is 5.73 Å². The molecule has 17 heavy (non-hydrogen) atoms. The van der Waals surface area contributed by atoms with Crippen LogP contribution in [0.5, 0.6) is 0 Å². The molecule has 0 spiro atoms. The van der Waals surface area contributed by atoms with E-state index in [-0.39, 0.29) is 31.1 Å². The lowest BCUT2D eigenvalue weighted by Gasteiger charge is -2.28. The standard InChI is InChI=1S/C11H20N2O4/c1-7(3-4-12)10(14)13(2)9-6-17-5-8(9)11(15)16/h7-9H,3-6,12H2,1-2H3,(H,15,16). The molecule has 98 valence electrons. The Balaban J connectivity index is 2.65. The summed E-state index contributed by atoms with van der Waals surface area (Å²) in [5, 5.41) is 9.02. The number of aliphatic carboxylic acids is 1. The summed E-state index contributed by atoms with van der Waals surface area (Å²) in [6, 6.07) is -0.375. The molecule has 3 atom stereocenters. The number of likely N-dealkylation sites (N-methyl/N-ethyl adjacent to an activating group) is 1. The molecule has 0 aliphatic carbocycles. The summed E-state index contributed by atoms with van der Waals surface area (Å²) in [6.07, 6.45) is 0.606. The highest BCUT2D eigenvalue weighted by Gasteiger charge is 2.39. The van der Waals surface area contributed by atoms with E-state index in [1.54, 1.807) is 14.0 Å². The van der Waals surface area contributed by atoms with Crippen LogP contribution in [-0.4, -0.2) is 54.7 Å². The number of nitrogens with zero attached hydrogens (tertiary/aromatic N) is 1. The Bertz CT molecular complexity index is 295. The first-order valence-corrected chi connectivity index (χ1v) is 5.76. The molecule has 1 amide bonds. The Morgan fingerprint density at radius 3 is 2.71 bits per heavy atom. The third kappa shape index (κ3) is 3.17. The lowest BCUT2D eigenvalue weighted by atomic mass is 10.00. The highest BCUT2D eigenvalue weighted by atomic mass is 16.5. The van der Waals surface area contributed by atoms with Crippen LogP contribution in [0.15, 0.2) is 0 Å². The van der Waals surface area contributed by atoms with Gasteiger partial charge in [-0.2, -0.15) is 0 Å². The third-order valence-electron chi connectivity index (χ3n) is 3.23. The predicted octanol–water partition coefficient (Wildman–Crippen LogP) is -0.471. The van der Waals surface area contributed by atoms with Crippen molar-refractivity contribution in [3.8, 4) is 0 Å². The van der Waals surface area contributed by atoms with Gasteiger partial charge in [-0.15, -0.1) is 0 Å². The van der Waals surface area contributed by atoms with E-state index in [4.69, 9.17) is 15.6 Å². The number of ether oxygens (including phenoxy) is 1. The highest BCUT2D eigenvalue weighted by molar-refractivity contribution is 5.80. The van der Waals surface area contributed by atoms with E-state index in [1.807, 2.05) is 0 Å². The number of carbonyl (C=O) groups is 2. The van der Waals surface area contributed by atoms with Crippen LogP contribution in [0.25, 0.3) is 0 Å². The van der Waals surface area contributed by atoms with E-state index in [1.165, 1.54) is 4.90 Å². The van der Waals surface area contributed by atoms with Crippen LogP contribution >= 0.6 is 0 Å². The monoisotopic (exact) mass is 244 g/mol. The van der Waals surface area contributed by atoms with Crippen LogP contribution in [-0.2, 0) is 14.3 Å². The fourth-order valence-corrected chi connectivity index (χ4v) is 2.05. The van der Waals surface area contributed by atoms with Crippen molar-refractivity contribution in [3.05, 3.63) is 0 Å². The first kappa shape index (κ1) is 13.9. The zero-order valence-corrected chi connectivity index (χ0v) is 10.3. The summed E-state index contributed by atoms with van der Waals surface area (Å²) >= 11 is 0. The molecule has 6 heteroatoms. The van der Waals surface area contributed by atoms with Crippen molar-refractivity contribution in [2.75, 3.05) is 26.8 Å². The summed E-state index contributed by atoms with van der Waals surface area (Å²) in [5.41, 5.74) is 5.41. The van der Waals surface area contributed by atoms with Gasteiger partial charge in [0, 0.05) is 13.0 Å². The van der Waals surface area contributed by atoms with Gasteiger partial charge < -0.3 is 20.5 Å². The lowest BCUT2D eigenvalue weighted by molar-refractivity contribution is -0.145. The van der Waals surface area contributed by atoms with Gasteiger partial charge in [0.25, 0.3) is 0 Å². The maximum atomic E-state index is 12.0. The smallest absolute Gasteiger partial charge is 0.311 e. The van der Waals surface area contributed by atoms with Crippen LogP contribution in [0.1, 0.15) is 13.3 Å². The lowest BCUT2D eigenvalue weighted by Crippen LogP contribution is -2.46. The normalized spacial score (nSPS) is 25.6. The summed E-state index contributed by atoms with van der Waals surface area (Å²) in [5.74, 6) is -1.80. The Morgan fingerprint density at radius 2 is 2.18 bits per heavy atom. The van der Waals surface area contributed by atoms with Gasteiger partial charge in [-0.1, -0.05) is 6.92 Å². The highest BCUT2D eigenvalue weighted by Crippen LogP contribution is 2.21. The molecule has 1 rings (SSSR count). The van der Waals surface area contributed by atoms with Crippen molar-refractivity contribution in [1.29, 1.82) is 0 Å². The Labute approximate surface area is 101 Å². The van der Waals surface area contributed by atoms with E-state index in [2.05, 4.69) is 0 Å². The molecular formula is C11H20N2O4. The van der Waals surface area contributed by atoms with Gasteiger partial charge in [0.1, 0.15) is 5.92 Å². The second-order valence-corrected chi connectivity index (χ2v) is 4.48. The van der Waals surface area contributed by atoms with Crippen LogP contribution in [0, 0.1) is 11.8 Å². The van der Waals surface area contributed by atoms with Crippen molar-refractivity contribution in [2.45, 2.75) is 19.4 Å². The molecule has 0 saturated carbocycles. The second kappa shape index (κ2) is 5.97. The van der Waals surface area contributed by atoms with Crippen molar-refractivity contribution in [3.63, 3.8) is 0 Å². The molecule has 0 bridgehead atoms. The number of rotatable bonds is 5. The van der Waals surface area contributed by atoms with Gasteiger partial charge in [-0.25, -0.2) is 0 Å². The van der Waals surface area contributed by atoms with Crippen molar-refractivity contribution >= 4 is 11.9 Å². The zero-order valence-electron chi connectivity index (χ0n) is 10.3. The van der Waals surface area contributed by atoms with E-state index >= 15 is 0 Å². The molecule has 0 radical (unpaired) electrons. The fraction of sp³-hybridized carbons (Fsp3) is 0.818. The van der Waals surface area contributed by atoms with Crippen molar-refractivity contribution in [1.82, 2.24) is 4.90 Å². The van der Waals surface area contributed by atoms with Gasteiger partial charge in [0.15, 0.2) is 0 Å². The quantitative estimate of drug-likeness (QED) is 0.682. The molecule has 1 heterocycles. The summed E-state index contributed by atoms with van der Waals surface area (Å²) in [4.78, 5) is 24.5. The number of carbonyl (C=O) groups excluding carboxylic acids is 1. The van der Waals surface area contributed by atoms with E-state index < -0.39 is 11.9 Å². The molecular weight excluding hydrogens is 224 g/mol. The third-order valence-corrected chi connectivity index (χ3v) is 3.23. The van der Waals surface area contributed by atoms with E-state index in [0.29, 0.717) is 13.0 Å². The minimum Gasteiger partial charge on any atom is -0.481 e. The molecule has 3 N–H and O–H groups in total. The van der Waals surface area contributed by atoms with E-state index in [9.17, 15) is 9.59 Å². The van der Waals surface area contributed by atoms with Gasteiger partial charge in [-0.05, 0) is 13.0 Å². The summed E-state index contributed by atoms with van der Waals surface area (Å²) in [7, 11) is 1.63. The maximum absolute atomic E-state index is 12.0. The number of hydrogen-bond acceptors (Lipinski definition) is 4. The minimum atomic E-state index is -0.918. The fourth-order valence-electron chi connectivity index (χ4n) is 2.05. The van der Waals surface area contributed by atoms with Gasteiger partial charge in [0.2, 0.25) is 5.91 Å². The van der Waals surface area contributed by atoms with Crippen LogP contribution in [0.3, 0.4) is 0 Å². The minimum absolute atomic E-state index is 0.0720. The molecule has 1 aliphatic rings. The number of nitrogens with two attached hydrogens (primary N) is 1. The van der Waals surface area contributed by atoms with Crippen molar-refractivity contribution < 1.29 is 19.4 Å². The summed E-state index contributed by atoms with van der Waals surface area (Å²) in [6.45, 7) is 2.71. The zero-order chi connectivity index (χ0) is 13.0. The maximum Gasteiger partial charge on any atom is 0.311 e. The summed E-state index contributed by atoms with van der Waals surface area (Å²) < 4.78 is 5.14. The first-order valence-electron chi connectivity index (χ1n) is 5.76. The van der Waals surface area contributed by atoms with E-state index in [0.717, 1.165) is 0 Å². The van der Waals surface area contributed by atoms with Gasteiger partial charge >= 0.3 is 5.97 Å². The Hall–Kier alpha value is -1.14. The molecule has 1 aliphatic heterocycles. The molecule has 0 aromatic heterocycles. The average molecular weight is 244 g/mol. The second-order valence-electron chi connectivity index (χ2n) is 4.48. The molecule has 0 aromatic rings. The number of amides is 1. The molecule has 3 unspecified atom stereocenters. The molecule has 0 aromatic carbocycles. The number of carboxylic acid groups (broad SMARTS) is 1. The van der Waals surface area contributed by atoms with Crippen molar-refractivity contribution in [2.24, 2.45) is 17.6 Å². The Kier molecular flexibility index (Phi) is 4.89. The first-order chi connectivity index (χ1) is 7.99. The van der Waals surface area contributed by atoms with Gasteiger partial charge in [0.05, 0.1) is 19.3 Å². The molecule has 1 fully saturated rings. The number of carboxylic acids is 1. The SMILES string of the molecule is CC(CCN)C(=O)N(C)C1COCC1C(=O)O.